The van der Waals surface area contributed by atoms with E-state index in [-0.39, 0.29) is 77.0 Å². The number of methoxy groups -OCH3 is 2. The summed E-state index contributed by atoms with van der Waals surface area (Å²) in [6, 6.07) is 0.252. The van der Waals surface area contributed by atoms with Crippen molar-refractivity contribution in [1.29, 1.82) is 0 Å². The van der Waals surface area contributed by atoms with Crippen LogP contribution in [0.1, 0.15) is 46.5 Å². The first-order valence-electron chi connectivity index (χ1n) is 12.7. The van der Waals surface area contributed by atoms with E-state index in [0.717, 1.165) is 32.2 Å². The minimum Gasteiger partial charge on any atom is -0.462 e. The summed E-state index contributed by atoms with van der Waals surface area (Å²) in [6.07, 6.45) is 3.41. The fourth-order valence-electron chi connectivity index (χ4n) is 11.3. The van der Waals surface area contributed by atoms with Crippen LogP contribution in [0, 0.1) is 40.4 Å². The van der Waals surface area contributed by atoms with Gasteiger partial charge in [0.15, 0.2) is 0 Å². The van der Waals surface area contributed by atoms with Crippen LogP contribution < -0.4 is 0 Å². The van der Waals surface area contributed by atoms with Crippen LogP contribution in [0.4, 0.5) is 0 Å². The zero-order valence-electron chi connectivity index (χ0n) is 19.8. The molecule has 1 N–H and O–H groups in total. The lowest BCUT2D eigenvalue weighted by Crippen LogP contribution is -2.82. The van der Waals surface area contributed by atoms with Crippen molar-refractivity contribution in [2.75, 3.05) is 20.8 Å². The van der Waals surface area contributed by atoms with Gasteiger partial charge in [0, 0.05) is 68.1 Å². The molecule has 5 saturated carbocycles. The van der Waals surface area contributed by atoms with Crippen LogP contribution in [0.5, 0.6) is 0 Å². The van der Waals surface area contributed by atoms with E-state index in [9.17, 15) is 9.90 Å². The molecule has 178 valence electrons. The van der Waals surface area contributed by atoms with Gasteiger partial charge in [-0.2, -0.15) is 0 Å². The van der Waals surface area contributed by atoms with Crippen molar-refractivity contribution >= 4 is 5.97 Å². The molecule has 32 heavy (non-hydrogen) atoms. The monoisotopic (exact) mass is 447 g/mol. The third-order valence-corrected chi connectivity index (χ3v) is 11.7. The van der Waals surface area contributed by atoms with Gasteiger partial charge in [-0.1, -0.05) is 13.8 Å². The van der Waals surface area contributed by atoms with Gasteiger partial charge >= 0.3 is 5.97 Å². The maximum atomic E-state index is 12.5. The standard InChI is InChI=1S/C25H37NO6/c1-6-26-21-17-19(31-11(2)27)20-23(3)8-7-15(32-22(23)26)25(20,21)13-9-12-14(29-4)10-24(17,30-5)16(13)18(12)28/h12-22,28H,6-10H2,1-5H3. The summed E-state index contributed by atoms with van der Waals surface area (Å²) >= 11 is 0. The van der Waals surface area contributed by atoms with E-state index >= 15 is 0 Å². The van der Waals surface area contributed by atoms with E-state index < -0.39 is 11.7 Å². The Balaban J connectivity index is 1.53. The predicted molar refractivity (Wildman–Crippen MR) is 113 cm³/mol. The van der Waals surface area contributed by atoms with E-state index in [2.05, 4.69) is 18.7 Å². The molecule has 0 amide bonds. The summed E-state index contributed by atoms with van der Waals surface area (Å²) in [5.74, 6) is 0.521. The van der Waals surface area contributed by atoms with E-state index in [0.29, 0.717) is 0 Å². The Morgan fingerprint density at radius 2 is 2.06 bits per heavy atom. The molecule has 0 aromatic heterocycles. The molecule has 14 atom stereocenters. The average molecular weight is 448 g/mol. The Morgan fingerprint density at radius 3 is 2.72 bits per heavy atom. The maximum absolute atomic E-state index is 12.5. The molecular formula is C25H37NO6. The number of aliphatic hydroxyl groups is 1. The van der Waals surface area contributed by atoms with Crippen molar-refractivity contribution in [1.82, 2.24) is 4.90 Å². The van der Waals surface area contributed by atoms with E-state index in [1.165, 1.54) is 0 Å². The van der Waals surface area contributed by atoms with Crippen LogP contribution in [-0.4, -0.2) is 79.0 Å². The van der Waals surface area contributed by atoms with Gasteiger partial charge in [0.2, 0.25) is 0 Å². The van der Waals surface area contributed by atoms with Crippen molar-refractivity contribution in [3.05, 3.63) is 0 Å². The van der Waals surface area contributed by atoms with Crippen molar-refractivity contribution < 1.29 is 28.8 Å². The minimum absolute atomic E-state index is 0.0165. The zero-order valence-corrected chi connectivity index (χ0v) is 19.8. The van der Waals surface area contributed by atoms with E-state index in [1.807, 2.05) is 7.11 Å². The van der Waals surface area contributed by atoms with Gasteiger partial charge in [-0.05, 0) is 31.7 Å². The molecule has 4 saturated heterocycles. The summed E-state index contributed by atoms with van der Waals surface area (Å²) in [5.41, 5.74) is -0.725. The highest BCUT2D eigenvalue weighted by atomic mass is 16.6. The summed E-state index contributed by atoms with van der Waals surface area (Å²) in [5, 5.41) is 11.7. The Hall–Kier alpha value is -0.730. The molecule has 0 aromatic carbocycles. The molecule has 9 fully saturated rings. The zero-order chi connectivity index (χ0) is 22.4. The van der Waals surface area contributed by atoms with Crippen LogP contribution in [0.25, 0.3) is 0 Å². The number of esters is 1. The van der Waals surface area contributed by atoms with Crippen LogP contribution in [0.2, 0.25) is 0 Å². The quantitative estimate of drug-likeness (QED) is 0.659. The van der Waals surface area contributed by atoms with Gasteiger partial charge in [0.1, 0.15) is 12.3 Å². The molecule has 7 heteroatoms. The second kappa shape index (κ2) is 6.09. The number of fused-ring (bicyclic) bond motifs is 3. The number of nitrogens with zero attached hydrogens (tertiary/aromatic N) is 1. The number of ether oxygens (including phenoxy) is 4. The number of carbonyl (C=O) groups excluding carboxylic acids is 1. The highest BCUT2D eigenvalue weighted by Crippen LogP contribution is 2.83. The molecule has 9 aliphatic rings. The fourth-order valence-corrected chi connectivity index (χ4v) is 11.3. The molecule has 7 nitrogen and oxygen atoms in total. The first kappa shape index (κ1) is 20.6. The predicted octanol–water partition coefficient (Wildman–Crippen LogP) is 1.81. The lowest BCUT2D eigenvalue weighted by atomic mass is 9.41. The number of rotatable bonds is 4. The largest absolute Gasteiger partial charge is 0.462 e. The topological polar surface area (TPSA) is 77.5 Å². The minimum atomic E-state index is -0.559. The molecule has 9 rings (SSSR count). The Labute approximate surface area is 190 Å². The van der Waals surface area contributed by atoms with Gasteiger partial charge in [0.25, 0.3) is 0 Å². The van der Waals surface area contributed by atoms with Gasteiger partial charge in [-0.25, -0.2) is 0 Å². The van der Waals surface area contributed by atoms with Gasteiger partial charge in [-0.3, -0.25) is 9.69 Å². The van der Waals surface area contributed by atoms with E-state index in [1.54, 1.807) is 14.0 Å². The van der Waals surface area contributed by atoms with Gasteiger partial charge in [0.05, 0.1) is 23.9 Å². The summed E-state index contributed by atoms with van der Waals surface area (Å²) < 4.78 is 25.7. The number of hydrogen-bond acceptors (Lipinski definition) is 7. The molecule has 9 bridgehead atoms. The SMILES string of the molecule is CCN1C2OC3CCC2(C)C2C(OC(C)=O)C4C1C32C1CC2C(OC)CC4(OC)C1C2O. The number of hydrogen-bond donors (Lipinski definition) is 1. The first-order chi connectivity index (χ1) is 15.3. The van der Waals surface area contributed by atoms with Crippen molar-refractivity contribution in [3.63, 3.8) is 0 Å². The van der Waals surface area contributed by atoms with Crippen molar-refractivity contribution in [3.8, 4) is 0 Å². The fraction of sp³-hybridized carbons (Fsp3) is 0.960. The highest BCUT2D eigenvalue weighted by molar-refractivity contribution is 5.66. The van der Waals surface area contributed by atoms with Crippen LogP contribution in [-0.2, 0) is 23.7 Å². The molecule has 1 spiro atoms. The number of piperidine rings is 1. The molecular weight excluding hydrogens is 410 g/mol. The van der Waals surface area contributed by atoms with Gasteiger partial charge in [-0.15, -0.1) is 0 Å². The molecule has 0 radical (unpaired) electrons. The van der Waals surface area contributed by atoms with Crippen molar-refractivity contribution in [2.24, 2.45) is 40.4 Å². The third-order valence-electron chi connectivity index (χ3n) is 11.7. The second-order valence-corrected chi connectivity index (χ2v) is 12.0. The average Bonchev–Trinajstić information content (AvgIpc) is 3.18. The Kier molecular flexibility index (Phi) is 3.92. The highest BCUT2D eigenvalue weighted by Gasteiger charge is 2.90. The van der Waals surface area contributed by atoms with Gasteiger partial charge < -0.3 is 24.1 Å². The third kappa shape index (κ3) is 1.82. The second-order valence-electron chi connectivity index (χ2n) is 12.0. The van der Waals surface area contributed by atoms with Crippen molar-refractivity contribution in [2.45, 2.75) is 88.7 Å². The number of aliphatic hydroxyl groups excluding tert-OH is 1. The maximum Gasteiger partial charge on any atom is 0.302 e. The molecule has 5 aliphatic carbocycles. The normalized spacial score (nSPS) is 63.1. The molecule has 4 heterocycles. The Bertz CT molecular complexity index is 867. The van der Waals surface area contributed by atoms with Crippen LogP contribution in [0.3, 0.4) is 0 Å². The smallest absolute Gasteiger partial charge is 0.302 e. The summed E-state index contributed by atoms with van der Waals surface area (Å²) in [6.45, 7) is 7.07. The summed E-state index contributed by atoms with van der Waals surface area (Å²) in [4.78, 5) is 15.1. The number of carbonyl (C=O) groups is 1. The molecule has 14 unspecified atom stereocenters. The lowest BCUT2D eigenvalue weighted by Gasteiger charge is -2.75. The lowest BCUT2D eigenvalue weighted by molar-refractivity contribution is -0.393. The van der Waals surface area contributed by atoms with Crippen LogP contribution >= 0.6 is 0 Å². The summed E-state index contributed by atoms with van der Waals surface area (Å²) in [7, 11) is 3.57. The molecule has 4 aliphatic heterocycles. The molecule has 0 aromatic rings. The van der Waals surface area contributed by atoms with Crippen LogP contribution in [0.15, 0.2) is 0 Å². The first-order valence-corrected chi connectivity index (χ1v) is 12.7. The Morgan fingerprint density at radius 1 is 1.28 bits per heavy atom. The van der Waals surface area contributed by atoms with E-state index in [4.69, 9.17) is 18.9 Å².